The Balaban J connectivity index is 0.685. The molecular formula is C85H76N6. The van der Waals surface area contributed by atoms with Crippen LogP contribution in [0.15, 0.2) is 296 Å². The van der Waals surface area contributed by atoms with Crippen LogP contribution in [-0.4, -0.2) is 39.4 Å². The highest BCUT2D eigenvalue weighted by atomic mass is 14.7. The molecule has 0 unspecified atom stereocenters. The number of hydrogen-bond acceptors (Lipinski definition) is 6. The molecule has 0 saturated carbocycles. The van der Waals surface area contributed by atoms with E-state index in [-0.39, 0.29) is 0 Å². The summed E-state index contributed by atoms with van der Waals surface area (Å²) in [5.41, 5.74) is 28.5. The zero-order valence-electron chi connectivity index (χ0n) is 52.0. The molecule has 0 aliphatic heterocycles. The van der Waals surface area contributed by atoms with E-state index in [2.05, 4.69) is 244 Å². The van der Waals surface area contributed by atoms with Crippen LogP contribution in [0.3, 0.4) is 0 Å². The number of hydrogen-bond donors (Lipinski definition) is 0. The first-order valence-corrected chi connectivity index (χ1v) is 32.0. The Morgan fingerprint density at radius 2 is 0.516 bits per heavy atom. The van der Waals surface area contributed by atoms with E-state index in [4.69, 9.17) is 4.99 Å². The van der Waals surface area contributed by atoms with Crippen molar-refractivity contribution < 1.29 is 0 Å². The number of allylic oxidation sites excluding steroid dienone is 1. The van der Waals surface area contributed by atoms with Crippen LogP contribution in [0.25, 0.3) is 50.7 Å². The van der Waals surface area contributed by atoms with Crippen LogP contribution in [0.4, 0.5) is 0 Å². The van der Waals surface area contributed by atoms with Crippen molar-refractivity contribution in [3.63, 3.8) is 0 Å². The zero-order chi connectivity index (χ0) is 61.8. The van der Waals surface area contributed by atoms with E-state index >= 15 is 0 Å². The van der Waals surface area contributed by atoms with Crippen molar-refractivity contribution in [3.8, 4) is 45.0 Å². The quantitative estimate of drug-likeness (QED) is 0.0506. The molecule has 446 valence electrons. The highest BCUT2D eigenvalue weighted by molar-refractivity contribution is 6.12. The molecule has 91 heavy (non-hydrogen) atoms. The summed E-state index contributed by atoms with van der Waals surface area (Å²) in [5.74, 6) is 0. The van der Waals surface area contributed by atoms with Crippen LogP contribution >= 0.6 is 0 Å². The second-order valence-electron chi connectivity index (χ2n) is 23.7. The van der Waals surface area contributed by atoms with E-state index in [0.717, 1.165) is 145 Å². The van der Waals surface area contributed by atoms with Crippen molar-refractivity contribution in [1.82, 2.24) is 19.9 Å². The summed E-state index contributed by atoms with van der Waals surface area (Å²) in [4.78, 5) is 27.5. The maximum atomic E-state index is 4.76. The summed E-state index contributed by atoms with van der Waals surface area (Å²) in [6.45, 7) is 4.01. The van der Waals surface area contributed by atoms with E-state index in [1.54, 1.807) is 0 Å². The van der Waals surface area contributed by atoms with Gasteiger partial charge in [0.05, 0.1) is 34.2 Å². The molecule has 12 aromatic rings. The standard InChI is InChI=1S/C85H76N6/c1-86-84(78-47-35-66(36-48-78)19-25-72-57-68(21-15-62-27-39-74(40-28-62)80-11-3-7-51-88-80)55-69(58-72)22-16-63-29-41-75(42-30-63)81-12-4-8-52-89-81)61-85(87-2)79-49-37-67(38-50-79)20-26-73-59-70(23-17-64-31-43-76(44-32-64)82-13-5-9-53-90-82)56-71(60-73)24-18-65-33-45-77(46-34-65)83-14-6-10-54-91-83/h3-14,27-61H,1,15-26H2,2H3/b84-61-,87-85+. The lowest BCUT2D eigenvalue weighted by Crippen LogP contribution is -2.01. The summed E-state index contributed by atoms with van der Waals surface area (Å²) in [7, 11) is 1.85. The molecule has 0 radical (unpaired) electrons. The third-order valence-corrected chi connectivity index (χ3v) is 17.3. The first-order valence-electron chi connectivity index (χ1n) is 32.0. The van der Waals surface area contributed by atoms with Crippen molar-refractivity contribution in [3.05, 3.63) is 364 Å². The maximum absolute atomic E-state index is 4.76. The van der Waals surface area contributed by atoms with E-state index in [1.807, 2.05) is 80.4 Å². The SMILES string of the molecule is C=N/C(=C\C(=N/C)c1ccc(CCc2cc(CCc3ccc(-c4ccccn4)cc3)cc(CCc3ccc(-c4ccccn4)cc3)c2)cc1)c1ccc(CCc2cc(CCc3ccc(-c4ccccn4)cc3)cc(CCc3ccc(-c4ccccn4)cc3)c2)cc1. The first-order chi connectivity index (χ1) is 44.9. The smallest absolute Gasteiger partial charge is 0.0716 e. The van der Waals surface area contributed by atoms with Gasteiger partial charge in [0, 0.05) is 59.7 Å². The highest BCUT2D eigenvalue weighted by Crippen LogP contribution is 2.27. The third kappa shape index (κ3) is 17.0. The van der Waals surface area contributed by atoms with Crippen LogP contribution in [-0.2, 0) is 77.0 Å². The Hall–Kier alpha value is -10.6. The summed E-state index contributed by atoms with van der Waals surface area (Å²) in [6, 6.07) is 92.1. The second kappa shape index (κ2) is 30.6. The molecule has 0 atom stereocenters. The minimum Gasteiger partial charge on any atom is -0.288 e. The van der Waals surface area contributed by atoms with Crippen molar-refractivity contribution >= 4 is 18.1 Å². The van der Waals surface area contributed by atoms with Gasteiger partial charge in [-0.15, -0.1) is 0 Å². The predicted octanol–water partition coefficient (Wildman–Crippen LogP) is 18.8. The molecule has 6 heteroatoms. The van der Waals surface area contributed by atoms with Crippen LogP contribution in [0.2, 0.25) is 0 Å². The zero-order valence-corrected chi connectivity index (χ0v) is 52.0. The number of pyridine rings is 4. The minimum atomic E-state index is 0.796. The molecule has 0 bridgehead atoms. The maximum Gasteiger partial charge on any atom is 0.0716 e. The van der Waals surface area contributed by atoms with Gasteiger partial charge in [0.25, 0.3) is 0 Å². The van der Waals surface area contributed by atoms with Gasteiger partial charge in [-0.05, 0) is 211 Å². The number of aromatic nitrogens is 4. The Labute approximate surface area is 537 Å². The van der Waals surface area contributed by atoms with Crippen LogP contribution in [0, 0.1) is 0 Å². The van der Waals surface area contributed by atoms with E-state index in [1.165, 1.54) is 66.8 Å². The summed E-state index contributed by atoms with van der Waals surface area (Å²) < 4.78 is 0. The molecule has 6 nitrogen and oxygen atoms in total. The van der Waals surface area contributed by atoms with Crippen molar-refractivity contribution in [2.24, 2.45) is 9.98 Å². The van der Waals surface area contributed by atoms with Crippen molar-refractivity contribution in [1.29, 1.82) is 0 Å². The Morgan fingerprint density at radius 1 is 0.286 bits per heavy atom. The number of benzene rings is 8. The molecule has 0 saturated heterocycles. The molecule has 8 aromatic carbocycles. The average Bonchev–Trinajstić information content (AvgIpc) is 3.57. The summed E-state index contributed by atoms with van der Waals surface area (Å²) >= 11 is 0. The molecule has 4 aromatic heterocycles. The molecular weight excluding hydrogens is 1100 g/mol. The Morgan fingerprint density at radius 3 is 0.736 bits per heavy atom. The lowest BCUT2D eigenvalue weighted by molar-refractivity contribution is 0.903. The molecule has 0 amide bonds. The van der Waals surface area contributed by atoms with E-state index < -0.39 is 0 Å². The lowest BCUT2D eigenvalue weighted by Gasteiger charge is -2.12. The fraction of sp³-hybridized carbons (Fsp3) is 0.153. The Bertz CT molecular complexity index is 4120. The molecule has 0 N–H and O–H groups in total. The summed E-state index contributed by atoms with van der Waals surface area (Å²) in [5, 5.41) is 0. The first kappa shape index (κ1) is 60.7. The van der Waals surface area contributed by atoms with Crippen LogP contribution in [0.5, 0.6) is 0 Å². The fourth-order valence-electron chi connectivity index (χ4n) is 12.1. The number of nitrogens with zero attached hydrogens (tertiary/aromatic N) is 6. The topological polar surface area (TPSA) is 76.3 Å². The van der Waals surface area contributed by atoms with Crippen molar-refractivity contribution in [2.75, 3.05) is 7.05 Å². The fourth-order valence-corrected chi connectivity index (χ4v) is 12.1. The monoisotopic (exact) mass is 1180 g/mol. The second-order valence-corrected chi connectivity index (χ2v) is 23.7. The van der Waals surface area contributed by atoms with Gasteiger partial charge in [-0.2, -0.15) is 0 Å². The molecule has 12 rings (SSSR count). The number of aliphatic imine (C=N–C) groups is 2. The van der Waals surface area contributed by atoms with Gasteiger partial charge in [0.2, 0.25) is 0 Å². The van der Waals surface area contributed by atoms with Gasteiger partial charge in [0.1, 0.15) is 0 Å². The van der Waals surface area contributed by atoms with Crippen LogP contribution < -0.4 is 0 Å². The minimum absolute atomic E-state index is 0.796. The predicted molar refractivity (Wildman–Crippen MR) is 379 cm³/mol. The normalized spacial score (nSPS) is 11.6. The van der Waals surface area contributed by atoms with Crippen LogP contribution in [0.1, 0.15) is 77.9 Å². The summed E-state index contributed by atoms with van der Waals surface area (Å²) in [6.07, 6.45) is 21.0. The van der Waals surface area contributed by atoms with Gasteiger partial charge in [-0.1, -0.05) is 206 Å². The van der Waals surface area contributed by atoms with E-state index in [9.17, 15) is 0 Å². The van der Waals surface area contributed by atoms with E-state index in [0.29, 0.717) is 0 Å². The lowest BCUT2D eigenvalue weighted by atomic mass is 9.93. The molecule has 0 spiro atoms. The van der Waals surface area contributed by atoms with Gasteiger partial charge < -0.3 is 0 Å². The molecule has 0 aliphatic carbocycles. The van der Waals surface area contributed by atoms with Gasteiger partial charge in [-0.25, -0.2) is 0 Å². The average molecular weight is 1180 g/mol. The number of aryl methyl sites for hydroxylation is 12. The third-order valence-electron chi connectivity index (χ3n) is 17.3. The molecule has 0 fully saturated rings. The number of rotatable bonds is 26. The van der Waals surface area contributed by atoms with Gasteiger partial charge >= 0.3 is 0 Å². The van der Waals surface area contributed by atoms with Crippen molar-refractivity contribution in [2.45, 2.75) is 77.0 Å². The highest BCUT2D eigenvalue weighted by Gasteiger charge is 2.12. The Kier molecular flexibility index (Phi) is 20.4. The molecule has 0 aliphatic rings. The largest absolute Gasteiger partial charge is 0.288 e. The van der Waals surface area contributed by atoms with Gasteiger partial charge in [-0.3, -0.25) is 29.9 Å². The molecule has 4 heterocycles. The van der Waals surface area contributed by atoms with Gasteiger partial charge in [0.15, 0.2) is 0 Å².